The molecule has 6 N–H and O–H groups in total. The molecule has 1 aliphatic heterocycles. The summed E-state index contributed by atoms with van der Waals surface area (Å²) in [6.45, 7) is 3.54. The Balaban J connectivity index is 0.885. The summed E-state index contributed by atoms with van der Waals surface area (Å²) in [6, 6.07) is 39.6. The van der Waals surface area contributed by atoms with Crippen LogP contribution in [0.1, 0.15) is 62.0 Å². The molecule has 3 heterocycles. The van der Waals surface area contributed by atoms with Gasteiger partial charge in [0.2, 0.25) is 11.2 Å². The molecule has 0 aliphatic carbocycles. The zero-order chi connectivity index (χ0) is 46.2. The van der Waals surface area contributed by atoms with Crippen molar-refractivity contribution in [3.8, 4) is 21.9 Å². The predicted molar refractivity (Wildman–Crippen MR) is 257 cm³/mol. The molecule has 340 valence electrons. The van der Waals surface area contributed by atoms with Crippen LogP contribution in [0.2, 0.25) is 5.02 Å². The molecule has 1 fully saturated rings. The highest BCUT2D eigenvalue weighted by atomic mass is 35.5. The number of piperidine rings is 1. The first-order valence-electron chi connectivity index (χ1n) is 21.8. The number of aromatic hydroxyl groups is 1. The van der Waals surface area contributed by atoms with E-state index in [1.165, 1.54) is 36.1 Å². The number of H-pyrrole nitrogens is 1. The number of amides is 1. The molecule has 8 rings (SSSR count). The first kappa shape index (κ1) is 46.2. The molecule has 5 aromatic carbocycles. The van der Waals surface area contributed by atoms with Crippen LogP contribution in [0.3, 0.4) is 0 Å². The van der Waals surface area contributed by atoms with E-state index in [4.69, 9.17) is 21.1 Å². The Kier molecular flexibility index (Phi) is 14.6. The van der Waals surface area contributed by atoms with Gasteiger partial charge >= 0.3 is 5.97 Å². The van der Waals surface area contributed by atoms with E-state index in [-0.39, 0.29) is 59.6 Å². The van der Waals surface area contributed by atoms with Crippen molar-refractivity contribution in [3.63, 3.8) is 0 Å². The van der Waals surface area contributed by atoms with Crippen LogP contribution in [0, 0.1) is 5.92 Å². The van der Waals surface area contributed by atoms with Gasteiger partial charge in [0.25, 0.3) is 5.91 Å². The number of carbonyl (C=O) groups is 2. The maximum atomic E-state index is 14.0. The van der Waals surface area contributed by atoms with Gasteiger partial charge < -0.3 is 40.4 Å². The van der Waals surface area contributed by atoms with Crippen molar-refractivity contribution in [2.45, 2.75) is 44.2 Å². The number of rotatable bonds is 17. The summed E-state index contributed by atoms with van der Waals surface area (Å²) in [5, 5.41) is 40.4. The van der Waals surface area contributed by atoms with Crippen LogP contribution < -0.4 is 20.9 Å². The van der Waals surface area contributed by atoms with E-state index in [1.807, 2.05) is 42.5 Å². The first-order chi connectivity index (χ1) is 32.0. The summed E-state index contributed by atoms with van der Waals surface area (Å²) in [4.78, 5) is 46.1. The number of aliphatic hydroxyl groups excluding tert-OH is 1. The lowest BCUT2D eigenvalue weighted by molar-refractivity contribution is -0.164. The fourth-order valence-electron chi connectivity index (χ4n) is 8.42. The monoisotopic (exact) mass is 926 g/mol. The summed E-state index contributed by atoms with van der Waals surface area (Å²) in [5.74, 6) is -0.585. The van der Waals surface area contributed by atoms with E-state index >= 15 is 0 Å². The first-order valence-corrected chi connectivity index (χ1v) is 23.0. The van der Waals surface area contributed by atoms with Crippen molar-refractivity contribution < 1.29 is 34.4 Å². The fraction of sp³-hybridized carbons (Fsp3) is 0.250. The van der Waals surface area contributed by atoms with E-state index in [0.29, 0.717) is 33.4 Å². The van der Waals surface area contributed by atoms with Gasteiger partial charge in [-0.05, 0) is 96.6 Å². The van der Waals surface area contributed by atoms with Crippen LogP contribution in [0.25, 0.3) is 21.3 Å². The van der Waals surface area contributed by atoms with Crippen LogP contribution in [-0.2, 0) is 34.8 Å². The molecule has 66 heavy (non-hydrogen) atoms. The highest BCUT2D eigenvalue weighted by Gasteiger charge is 2.42. The molecule has 0 spiro atoms. The third-order valence-corrected chi connectivity index (χ3v) is 13.5. The summed E-state index contributed by atoms with van der Waals surface area (Å²) in [7, 11) is 1.50. The molecule has 0 radical (unpaired) electrons. The summed E-state index contributed by atoms with van der Waals surface area (Å²) < 4.78 is 11.6. The summed E-state index contributed by atoms with van der Waals surface area (Å²) in [6.07, 6.45) is 0.825. The lowest BCUT2D eigenvalue weighted by Crippen LogP contribution is -2.40. The summed E-state index contributed by atoms with van der Waals surface area (Å²) in [5.41, 5.74) is 2.13. The van der Waals surface area contributed by atoms with Gasteiger partial charge in [-0.25, -0.2) is 4.79 Å². The zero-order valence-corrected chi connectivity index (χ0v) is 37.9. The van der Waals surface area contributed by atoms with Crippen LogP contribution >= 0.6 is 22.9 Å². The topological polar surface area (TPSA) is 173 Å². The average molecular weight is 928 g/mol. The van der Waals surface area contributed by atoms with Gasteiger partial charge in [0.05, 0.1) is 42.5 Å². The number of fused-ring (bicyclic) bond motifs is 1. The zero-order valence-electron chi connectivity index (χ0n) is 36.3. The number of hydrogen-bond donors (Lipinski definition) is 6. The number of methoxy groups -OCH3 is 1. The lowest BCUT2D eigenvalue weighted by Gasteiger charge is -2.33. The Labute approximate surface area is 391 Å². The van der Waals surface area contributed by atoms with Crippen molar-refractivity contribution in [3.05, 3.63) is 187 Å². The van der Waals surface area contributed by atoms with Crippen LogP contribution in [0.4, 0.5) is 0 Å². The van der Waals surface area contributed by atoms with Gasteiger partial charge in [-0.3, -0.25) is 14.5 Å². The number of carbonyl (C=O) groups excluding carboxylic acids is 2. The number of aromatic amines is 1. The standard InChI is InChI=1S/C52H51ClN4O8S/c1-64-46-27-42(43(53)26-36(46)28-54-30-45(59)40-16-18-44(58)49-41(40)17-20-48(60)56-49)50(61)55-29-39-15-19-47(66-39)35-11-8-14-38(25-35)52(63,37-12-6-3-7-13-37)51(62)65-32-34-21-23-57(24-22-34)31-33-9-4-2-5-10-33/h2-20,25-27,34,45,54,58-59,63H,21-24,28-32H2,1H3,(H,55,61)(H,56,60). The smallest absolute Gasteiger partial charge is 0.347 e. The van der Waals surface area contributed by atoms with Crippen LogP contribution in [-0.4, -0.2) is 70.4 Å². The second kappa shape index (κ2) is 20.9. The number of aliphatic hydroxyl groups is 2. The SMILES string of the molecule is COc1cc(C(=O)NCc2ccc(-c3cccc(C(O)(C(=O)OCC4CCN(Cc5ccccc5)CC4)c4ccccc4)c3)s2)c(Cl)cc1CNCC(O)c1ccc(O)c2[nH]c(=O)ccc12. The molecule has 2 aromatic heterocycles. The highest BCUT2D eigenvalue weighted by Crippen LogP contribution is 2.37. The number of pyridine rings is 1. The Morgan fingerprint density at radius 2 is 1.64 bits per heavy atom. The van der Waals surface area contributed by atoms with Crippen molar-refractivity contribution in [1.29, 1.82) is 0 Å². The van der Waals surface area contributed by atoms with Crippen LogP contribution in [0.5, 0.6) is 11.5 Å². The summed E-state index contributed by atoms with van der Waals surface area (Å²) >= 11 is 8.13. The molecule has 12 nitrogen and oxygen atoms in total. The molecule has 7 aromatic rings. The minimum absolute atomic E-state index is 0.0937. The molecule has 0 saturated carbocycles. The molecule has 2 unspecified atom stereocenters. The lowest BCUT2D eigenvalue weighted by atomic mass is 9.85. The Morgan fingerprint density at radius 3 is 2.39 bits per heavy atom. The normalized spacial score (nSPS) is 14.7. The number of thiophene rings is 1. The van der Waals surface area contributed by atoms with E-state index in [1.54, 1.807) is 54.6 Å². The van der Waals surface area contributed by atoms with Gasteiger partial charge in [-0.2, -0.15) is 0 Å². The maximum absolute atomic E-state index is 14.0. The molecule has 2 atom stereocenters. The van der Waals surface area contributed by atoms with Gasteiger partial charge in [0, 0.05) is 52.0 Å². The molecule has 1 aliphatic rings. The fourth-order valence-corrected chi connectivity index (χ4v) is 9.64. The number of ether oxygens (including phenoxy) is 2. The molecular formula is C52H51ClN4O8S. The van der Waals surface area contributed by atoms with Gasteiger partial charge in [0.1, 0.15) is 11.5 Å². The number of likely N-dealkylation sites (tertiary alicyclic amines) is 1. The number of phenolic OH excluding ortho intramolecular Hbond substituents is 1. The Bertz CT molecular complexity index is 2870. The average Bonchev–Trinajstić information content (AvgIpc) is 3.83. The number of esters is 1. The van der Waals surface area contributed by atoms with E-state index in [2.05, 4.69) is 44.8 Å². The third kappa shape index (κ3) is 10.5. The minimum atomic E-state index is -2.04. The number of aromatic nitrogens is 1. The quantitative estimate of drug-likeness (QED) is 0.0491. The number of hydrogen-bond acceptors (Lipinski definition) is 11. The maximum Gasteiger partial charge on any atom is 0.347 e. The number of halogens is 1. The number of nitrogens with one attached hydrogen (secondary N) is 3. The molecular weight excluding hydrogens is 876 g/mol. The molecule has 14 heteroatoms. The van der Waals surface area contributed by atoms with Crippen LogP contribution in [0.15, 0.2) is 138 Å². The largest absolute Gasteiger partial charge is 0.506 e. The molecule has 1 amide bonds. The van der Waals surface area contributed by atoms with Crippen molar-refractivity contribution >= 4 is 45.7 Å². The van der Waals surface area contributed by atoms with Crippen molar-refractivity contribution in [1.82, 2.24) is 20.5 Å². The number of phenols is 1. The number of nitrogens with zero attached hydrogens (tertiary/aromatic N) is 1. The third-order valence-electron chi connectivity index (χ3n) is 12.1. The second-order valence-corrected chi connectivity index (χ2v) is 18.1. The van der Waals surface area contributed by atoms with E-state index < -0.39 is 23.6 Å². The van der Waals surface area contributed by atoms with E-state index in [9.17, 15) is 29.7 Å². The Morgan fingerprint density at radius 1 is 0.894 bits per heavy atom. The second-order valence-electron chi connectivity index (χ2n) is 16.5. The predicted octanol–water partition coefficient (Wildman–Crippen LogP) is 8.07. The van der Waals surface area contributed by atoms with Gasteiger partial charge in [-0.15, -0.1) is 11.3 Å². The minimum Gasteiger partial charge on any atom is -0.506 e. The van der Waals surface area contributed by atoms with Crippen molar-refractivity contribution in [2.75, 3.05) is 33.4 Å². The van der Waals surface area contributed by atoms with Gasteiger partial charge in [0.15, 0.2) is 0 Å². The Hall–Kier alpha value is -6.32. The van der Waals surface area contributed by atoms with Gasteiger partial charge in [-0.1, -0.05) is 96.5 Å². The van der Waals surface area contributed by atoms with Crippen molar-refractivity contribution in [2.24, 2.45) is 5.92 Å². The van der Waals surface area contributed by atoms with E-state index in [0.717, 1.165) is 47.8 Å². The molecule has 0 bridgehead atoms. The number of benzene rings is 5. The highest BCUT2D eigenvalue weighted by molar-refractivity contribution is 7.15. The molecule has 1 saturated heterocycles.